The first kappa shape index (κ1) is 18.2. The van der Waals surface area contributed by atoms with Crippen LogP contribution in [0.3, 0.4) is 0 Å². The van der Waals surface area contributed by atoms with Crippen molar-refractivity contribution in [2.45, 2.75) is 13.0 Å². The van der Waals surface area contributed by atoms with Gasteiger partial charge in [0, 0.05) is 11.1 Å². The molecule has 0 heterocycles. The van der Waals surface area contributed by atoms with Crippen molar-refractivity contribution in [3.05, 3.63) is 63.6 Å². The van der Waals surface area contributed by atoms with Crippen LogP contribution in [0.1, 0.15) is 17.3 Å². The molecule has 1 atom stereocenters. The number of carbonyl (C=O) groups is 2. The second kappa shape index (κ2) is 7.59. The van der Waals surface area contributed by atoms with Crippen LogP contribution in [0.2, 0.25) is 10.0 Å². The number of nitrogens with one attached hydrogen (secondary N) is 1. The highest BCUT2D eigenvalue weighted by atomic mass is 35.5. The SMILES string of the molecule is CC(OC(=O)c1ccc(Cl)cc1Cl)C(=O)Nc1ccc(F)cc1F. The highest BCUT2D eigenvalue weighted by Crippen LogP contribution is 2.22. The predicted octanol–water partition coefficient (Wildman–Crippen LogP) is 4.46. The molecule has 0 aliphatic carbocycles. The van der Waals surface area contributed by atoms with Crippen LogP contribution in [-0.4, -0.2) is 18.0 Å². The van der Waals surface area contributed by atoms with Crippen LogP contribution in [0, 0.1) is 11.6 Å². The minimum absolute atomic E-state index is 0.0358. The lowest BCUT2D eigenvalue weighted by Crippen LogP contribution is -2.30. The van der Waals surface area contributed by atoms with Crippen LogP contribution in [0.15, 0.2) is 36.4 Å². The summed E-state index contributed by atoms with van der Waals surface area (Å²) in [5.41, 5.74) is -0.192. The van der Waals surface area contributed by atoms with E-state index in [1.807, 2.05) is 0 Å². The van der Waals surface area contributed by atoms with Crippen molar-refractivity contribution in [3.8, 4) is 0 Å². The molecule has 4 nitrogen and oxygen atoms in total. The lowest BCUT2D eigenvalue weighted by molar-refractivity contribution is -0.123. The van der Waals surface area contributed by atoms with Gasteiger partial charge in [-0.3, -0.25) is 4.79 Å². The number of hydrogen-bond donors (Lipinski definition) is 1. The van der Waals surface area contributed by atoms with Gasteiger partial charge in [-0.25, -0.2) is 13.6 Å². The van der Waals surface area contributed by atoms with Crippen LogP contribution < -0.4 is 5.32 Å². The number of amides is 1. The Bertz CT molecular complexity index is 799. The first-order chi connectivity index (χ1) is 11.3. The third-order valence-corrected chi connectivity index (χ3v) is 3.54. The molecule has 1 unspecified atom stereocenters. The Kier molecular flexibility index (Phi) is 5.75. The van der Waals surface area contributed by atoms with Gasteiger partial charge in [0.05, 0.1) is 16.3 Å². The van der Waals surface area contributed by atoms with Crippen molar-refractivity contribution in [2.24, 2.45) is 0 Å². The molecule has 24 heavy (non-hydrogen) atoms. The Morgan fingerprint density at radius 1 is 1.12 bits per heavy atom. The number of benzene rings is 2. The molecule has 0 bridgehead atoms. The van der Waals surface area contributed by atoms with Gasteiger partial charge in [-0.15, -0.1) is 0 Å². The smallest absolute Gasteiger partial charge is 0.340 e. The molecule has 1 N–H and O–H groups in total. The van der Waals surface area contributed by atoms with Crippen LogP contribution >= 0.6 is 23.2 Å². The Balaban J connectivity index is 2.04. The third-order valence-electron chi connectivity index (χ3n) is 2.99. The molecular formula is C16H11Cl2F2NO3. The zero-order valence-corrected chi connectivity index (χ0v) is 13.8. The Morgan fingerprint density at radius 2 is 1.83 bits per heavy atom. The molecule has 2 rings (SSSR count). The molecule has 126 valence electrons. The van der Waals surface area contributed by atoms with E-state index >= 15 is 0 Å². The number of esters is 1. The molecule has 0 aliphatic rings. The van der Waals surface area contributed by atoms with Gasteiger partial charge in [0.15, 0.2) is 6.10 Å². The second-order valence-corrected chi connectivity index (χ2v) is 5.63. The summed E-state index contributed by atoms with van der Waals surface area (Å²) in [5.74, 6) is -3.33. The number of anilines is 1. The van der Waals surface area contributed by atoms with Gasteiger partial charge in [-0.05, 0) is 37.3 Å². The maximum atomic E-state index is 13.5. The summed E-state index contributed by atoms with van der Waals surface area (Å²) >= 11 is 11.6. The molecule has 0 saturated carbocycles. The van der Waals surface area contributed by atoms with Crippen molar-refractivity contribution in [3.63, 3.8) is 0 Å². The Hall–Kier alpha value is -2.18. The van der Waals surface area contributed by atoms with Crippen molar-refractivity contribution < 1.29 is 23.1 Å². The first-order valence-electron chi connectivity index (χ1n) is 6.70. The summed E-state index contributed by atoms with van der Waals surface area (Å²) in [6, 6.07) is 6.84. The summed E-state index contributed by atoms with van der Waals surface area (Å²) in [4.78, 5) is 24.0. The van der Waals surface area contributed by atoms with Gasteiger partial charge < -0.3 is 10.1 Å². The van der Waals surface area contributed by atoms with Crippen molar-refractivity contribution in [2.75, 3.05) is 5.32 Å². The number of hydrogen-bond acceptors (Lipinski definition) is 3. The van der Waals surface area contributed by atoms with Gasteiger partial charge in [0.25, 0.3) is 5.91 Å². The second-order valence-electron chi connectivity index (χ2n) is 4.79. The van der Waals surface area contributed by atoms with E-state index in [4.69, 9.17) is 27.9 Å². The fraction of sp³-hybridized carbons (Fsp3) is 0.125. The monoisotopic (exact) mass is 373 g/mol. The molecule has 0 spiro atoms. The normalized spacial score (nSPS) is 11.7. The largest absolute Gasteiger partial charge is 0.449 e. The summed E-state index contributed by atoms with van der Waals surface area (Å²) in [5, 5.41) is 2.62. The topological polar surface area (TPSA) is 55.4 Å². The minimum Gasteiger partial charge on any atom is -0.449 e. The van der Waals surface area contributed by atoms with E-state index in [1.165, 1.54) is 25.1 Å². The predicted molar refractivity (Wildman–Crippen MR) is 86.3 cm³/mol. The average Bonchev–Trinajstić information content (AvgIpc) is 2.49. The lowest BCUT2D eigenvalue weighted by Gasteiger charge is -2.14. The fourth-order valence-corrected chi connectivity index (χ4v) is 2.24. The van der Waals surface area contributed by atoms with E-state index in [-0.39, 0.29) is 16.3 Å². The lowest BCUT2D eigenvalue weighted by atomic mass is 10.2. The van der Waals surface area contributed by atoms with Gasteiger partial charge >= 0.3 is 5.97 Å². The molecule has 2 aromatic rings. The number of ether oxygens (including phenoxy) is 1. The highest BCUT2D eigenvalue weighted by molar-refractivity contribution is 6.36. The molecule has 0 aliphatic heterocycles. The summed E-state index contributed by atoms with van der Waals surface area (Å²) in [6.45, 7) is 1.30. The summed E-state index contributed by atoms with van der Waals surface area (Å²) in [7, 11) is 0. The first-order valence-corrected chi connectivity index (χ1v) is 7.45. The number of halogens is 4. The summed E-state index contributed by atoms with van der Waals surface area (Å²) < 4.78 is 31.3. The molecule has 8 heteroatoms. The van der Waals surface area contributed by atoms with Crippen molar-refractivity contribution in [1.82, 2.24) is 0 Å². The van der Waals surface area contributed by atoms with E-state index in [9.17, 15) is 18.4 Å². The van der Waals surface area contributed by atoms with Gasteiger partial charge in [0.1, 0.15) is 11.6 Å². The quantitative estimate of drug-likeness (QED) is 0.805. The maximum absolute atomic E-state index is 13.5. The van der Waals surface area contributed by atoms with Crippen LogP contribution in [0.4, 0.5) is 14.5 Å². The van der Waals surface area contributed by atoms with Gasteiger partial charge in [-0.2, -0.15) is 0 Å². The number of rotatable bonds is 4. The molecule has 0 aromatic heterocycles. The van der Waals surface area contributed by atoms with Crippen LogP contribution in [-0.2, 0) is 9.53 Å². The minimum atomic E-state index is -1.23. The van der Waals surface area contributed by atoms with Crippen LogP contribution in [0.5, 0.6) is 0 Å². The fourth-order valence-electron chi connectivity index (χ4n) is 1.76. The maximum Gasteiger partial charge on any atom is 0.340 e. The zero-order valence-electron chi connectivity index (χ0n) is 12.3. The van der Waals surface area contributed by atoms with E-state index < -0.39 is 29.6 Å². The molecule has 0 fully saturated rings. The van der Waals surface area contributed by atoms with Gasteiger partial charge in [0.2, 0.25) is 0 Å². The molecule has 0 saturated heterocycles. The molecular weight excluding hydrogens is 363 g/mol. The Labute approximate surface area is 146 Å². The van der Waals surface area contributed by atoms with Crippen LogP contribution in [0.25, 0.3) is 0 Å². The zero-order chi connectivity index (χ0) is 17.9. The van der Waals surface area contributed by atoms with E-state index in [1.54, 1.807) is 0 Å². The standard InChI is InChI=1S/C16H11Cl2F2NO3/c1-8(15(22)21-14-5-3-10(19)7-13(14)20)24-16(23)11-4-2-9(17)6-12(11)18/h2-8H,1H3,(H,21,22). The Morgan fingerprint density at radius 3 is 2.46 bits per heavy atom. The number of carbonyl (C=O) groups excluding carboxylic acids is 2. The van der Waals surface area contributed by atoms with E-state index in [0.29, 0.717) is 11.1 Å². The molecule has 1 amide bonds. The van der Waals surface area contributed by atoms with Crippen molar-refractivity contribution >= 4 is 40.8 Å². The summed E-state index contributed by atoms with van der Waals surface area (Å²) in [6.07, 6.45) is -1.23. The molecule has 0 radical (unpaired) electrons. The van der Waals surface area contributed by atoms with Gasteiger partial charge in [-0.1, -0.05) is 23.2 Å². The highest BCUT2D eigenvalue weighted by Gasteiger charge is 2.21. The third kappa shape index (κ3) is 4.43. The van der Waals surface area contributed by atoms with Crippen molar-refractivity contribution in [1.29, 1.82) is 0 Å². The van der Waals surface area contributed by atoms with E-state index in [2.05, 4.69) is 5.32 Å². The van der Waals surface area contributed by atoms with E-state index in [0.717, 1.165) is 12.1 Å². The molecule has 2 aromatic carbocycles. The average molecular weight is 374 g/mol.